The summed E-state index contributed by atoms with van der Waals surface area (Å²) in [5, 5.41) is 0. The highest BCUT2D eigenvalue weighted by molar-refractivity contribution is 5.81. The van der Waals surface area contributed by atoms with Crippen LogP contribution in [0.25, 0.3) is 0 Å². The summed E-state index contributed by atoms with van der Waals surface area (Å²) in [5.74, 6) is 1.29. The fourth-order valence-electron chi connectivity index (χ4n) is 4.47. The molecule has 2 aliphatic heterocycles. The molecule has 2 fully saturated rings. The van der Waals surface area contributed by atoms with Crippen LogP contribution in [-0.2, 0) is 20.7 Å². The minimum Gasteiger partial charge on any atom is -0.469 e. The fraction of sp³-hybridized carbons (Fsp3) is 0.636. The number of rotatable bonds is 7. The maximum Gasteiger partial charge on any atom is 0.306 e. The minimum atomic E-state index is -0.306. The molecule has 0 N–H and O–H groups in total. The normalized spacial score (nSPS) is 21.4. The van der Waals surface area contributed by atoms with E-state index in [1.54, 1.807) is 0 Å². The van der Waals surface area contributed by atoms with E-state index in [2.05, 4.69) is 40.0 Å². The van der Waals surface area contributed by atoms with Crippen LogP contribution in [0.2, 0.25) is 0 Å². The predicted molar refractivity (Wildman–Crippen MR) is 105 cm³/mol. The molecule has 2 saturated heterocycles. The Labute approximate surface area is 162 Å². The molecule has 0 bridgehead atoms. The monoisotopic (exact) mass is 372 g/mol. The van der Waals surface area contributed by atoms with Gasteiger partial charge in [0.2, 0.25) is 5.91 Å². The average molecular weight is 373 g/mol. The summed E-state index contributed by atoms with van der Waals surface area (Å²) in [4.78, 5) is 28.0. The minimum absolute atomic E-state index is 0.0924. The molecule has 0 aliphatic carbocycles. The van der Waals surface area contributed by atoms with Gasteiger partial charge >= 0.3 is 5.97 Å². The fourth-order valence-corrected chi connectivity index (χ4v) is 4.47. The third-order valence-electron chi connectivity index (χ3n) is 6.20. The maximum atomic E-state index is 12.2. The second kappa shape index (κ2) is 9.88. The third-order valence-corrected chi connectivity index (χ3v) is 6.20. The van der Waals surface area contributed by atoms with E-state index in [0.29, 0.717) is 0 Å². The first-order valence-corrected chi connectivity index (χ1v) is 10.3. The molecule has 148 valence electrons. The number of amides is 1. The van der Waals surface area contributed by atoms with Gasteiger partial charge in [0, 0.05) is 32.6 Å². The lowest BCUT2D eigenvalue weighted by molar-refractivity contribution is -0.144. The number of methoxy groups -OCH3 is 1. The number of ether oxygens (including phenoxy) is 1. The van der Waals surface area contributed by atoms with Gasteiger partial charge < -0.3 is 14.5 Å². The second-order valence-electron chi connectivity index (χ2n) is 7.88. The van der Waals surface area contributed by atoms with Crippen molar-refractivity contribution in [1.29, 1.82) is 0 Å². The Morgan fingerprint density at radius 3 is 2.41 bits per heavy atom. The first-order chi connectivity index (χ1) is 13.2. The summed E-state index contributed by atoms with van der Waals surface area (Å²) in [6, 6.07) is 10.7. The summed E-state index contributed by atoms with van der Waals surface area (Å²) < 4.78 is 4.62. The van der Waals surface area contributed by atoms with Crippen molar-refractivity contribution in [1.82, 2.24) is 9.80 Å². The van der Waals surface area contributed by atoms with E-state index in [1.807, 2.05) is 4.90 Å². The standard InChI is InChI=1S/C22H32N2O3/c1-27-22(26)8-7-21(25)24-15-11-19(12-16-24)20-10-14-23(17-20)13-9-18-5-3-2-4-6-18/h2-6,19-20H,7-17H2,1H3/t20-/m0/s1. The Balaban J connectivity index is 1.36. The third kappa shape index (κ3) is 5.80. The van der Waals surface area contributed by atoms with Gasteiger partial charge in [0.15, 0.2) is 0 Å². The molecule has 0 saturated carbocycles. The Bertz CT molecular complexity index is 611. The summed E-state index contributed by atoms with van der Waals surface area (Å²) in [7, 11) is 1.36. The molecule has 0 radical (unpaired) electrons. The van der Waals surface area contributed by atoms with Crippen molar-refractivity contribution in [3.8, 4) is 0 Å². The highest BCUT2D eigenvalue weighted by atomic mass is 16.5. The molecular weight excluding hydrogens is 340 g/mol. The van der Waals surface area contributed by atoms with Crippen molar-refractivity contribution in [3.05, 3.63) is 35.9 Å². The van der Waals surface area contributed by atoms with Gasteiger partial charge in [-0.2, -0.15) is 0 Å². The van der Waals surface area contributed by atoms with Crippen molar-refractivity contribution in [2.75, 3.05) is 39.8 Å². The van der Waals surface area contributed by atoms with E-state index >= 15 is 0 Å². The van der Waals surface area contributed by atoms with E-state index < -0.39 is 0 Å². The molecule has 2 aliphatic rings. The Hall–Kier alpha value is -1.88. The molecule has 0 aromatic heterocycles. The van der Waals surface area contributed by atoms with Crippen molar-refractivity contribution >= 4 is 11.9 Å². The SMILES string of the molecule is COC(=O)CCC(=O)N1CCC([C@H]2CCN(CCc3ccccc3)C2)CC1. The molecule has 1 aromatic carbocycles. The molecule has 0 unspecified atom stereocenters. The van der Waals surface area contributed by atoms with Crippen molar-refractivity contribution in [3.63, 3.8) is 0 Å². The largest absolute Gasteiger partial charge is 0.469 e. The van der Waals surface area contributed by atoms with E-state index in [9.17, 15) is 9.59 Å². The second-order valence-corrected chi connectivity index (χ2v) is 7.88. The van der Waals surface area contributed by atoms with E-state index in [1.165, 1.54) is 32.2 Å². The Morgan fingerprint density at radius 1 is 1.00 bits per heavy atom. The van der Waals surface area contributed by atoms with Crippen LogP contribution in [0.5, 0.6) is 0 Å². The highest BCUT2D eigenvalue weighted by Gasteiger charge is 2.32. The lowest BCUT2D eigenvalue weighted by atomic mass is 9.83. The number of benzene rings is 1. The van der Waals surface area contributed by atoms with Crippen molar-refractivity contribution in [2.24, 2.45) is 11.8 Å². The van der Waals surface area contributed by atoms with Gasteiger partial charge in [0.1, 0.15) is 0 Å². The smallest absolute Gasteiger partial charge is 0.306 e. The highest BCUT2D eigenvalue weighted by Crippen LogP contribution is 2.32. The van der Waals surface area contributed by atoms with E-state index in [0.717, 1.165) is 50.7 Å². The van der Waals surface area contributed by atoms with Gasteiger partial charge in [0.05, 0.1) is 13.5 Å². The van der Waals surface area contributed by atoms with Crippen LogP contribution in [-0.4, -0.2) is 61.5 Å². The number of esters is 1. The zero-order chi connectivity index (χ0) is 19.1. The molecule has 0 spiro atoms. The van der Waals surface area contributed by atoms with Crippen LogP contribution >= 0.6 is 0 Å². The summed E-state index contributed by atoms with van der Waals surface area (Å²) in [6.45, 7) is 5.23. The van der Waals surface area contributed by atoms with Crippen molar-refractivity contribution < 1.29 is 14.3 Å². The molecule has 5 nitrogen and oxygen atoms in total. The first kappa shape index (κ1) is 19.9. The van der Waals surface area contributed by atoms with Crippen LogP contribution < -0.4 is 0 Å². The average Bonchev–Trinajstić information content (AvgIpc) is 3.20. The van der Waals surface area contributed by atoms with Crippen LogP contribution in [0.3, 0.4) is 0 Å². The number of hydrogen-bond donors (Lipinski definition) is 0. The molecule has 5 heteroatoms. The Morgan fingerprint density at radius 2 is 1.70 bits per heavy atom. The van der Waals surface area contributed by atoms with Gasteiger partial charge in [0.25, 0.3) is 0 Å². The molecule has 2 heterocycles. The lowest BCUT2D eigenvalue weighted by Gasteiger charge is -2.35. The van der Waals surface area contributed by atoms with Gasteiger partial charge in [-0.25, -0.2) is 0 Å². The molecule has 1 atom stereocenters. The number of carbonyl (C=O) groups is 2. The van der Waals surface area contributed by atoms with Gasteiger partial charge in [-0.05, 0) is 49.6 Å². The zero-order valence-corrected chi connectivity index (χ0v) is 16.4. The van der Waals surface area contributed by atoms with Gasteiger partial charge in [-0.3, -0.25) is 9.59 Å². The quantitative estimate of drug-likeness (QED) is 0.691. The molecular formula is C22H32N2O3. The number of carbonyl (C=O) groups excluding carboxylic acids is 2. The van der Waals surface area contributed by atoms with Crippen molar-refractivity contribution in [2.45, 2.75) is 38.5 Å². The number of likely N-dealkylation sites (tertiary alicyclic amines) is 2. The van der Waals surface area contributed by atoms with E-state index in [-0.39, 0.29) is 24.7 Å². The summed E-state index contributed by atoms with van der Waals surface area (Å²) >= 11 is 0. The molecule has 1 amide bonds. The van der Waals surface area contributed by atoms with Crippen LogP contribution in [0, 0.1) is 11.8 Å². The number of nitrogens with zero attached hydrogens (tertiary/aromatic N) is 2. The van der Waals surface area contributed by atoms with Crippen LogP contribution in [0.15, 0.2) is 30.3 Å². The van der Waals surface area contributed by atoms with Crippen LogP contribution in [0.4, 0.5) is 0 Å². The van der Waals surface area contributed by atoms with Gasteiger partial charge in [-0.1, -0.05) is 30.3 Å². The Kier molecular flexibility index (Phi) is 7.27. The predicted octanol–water partition coefficient (Wildman–Crippen LogP) is 2.74. The van der Waals surface area contributed by atoms with E-state index in [4.69, 9.17) is 0 Å². The number of hydrogen-bond acceptors (Lipinski definition) is 4. The summed E-state index contributed by atoms with van der Waals surface area (Å²) in [5.41, 5.74) is 1.42. The maximum absolute atomic E-state index is 12.2. The van der Waals surface area contributed by atoms with Gasteiger partial charge in [-0.15, -0.1) is 0 Å². The molecule has 1 aromatic rings. The summed E-state index contributed by atoms with van der Waals surface area (Å²) in [6.07, 6.45) is 5.07. The first-order valence-electron chi connectivity index (χ1n) is 10.3. The zero-order valence-electron chi connectivity index (χ0n) is 16.4. The lowest BCUT2D eigenvalue weighted by Crippen LogP contribution is -2.40. The topological polar surface area (TPSA) is 49.9 Å². The molecule has 3 rings (SSSR count). The number of piperidine rings is 1. The van der Waals surface area contributed by atoms with Crippen LogP contribution in [0.1, 0.15) is 37.7 Å². The molecule has 27 heavy (non-hydrogen) atoms.